The van der Waals surface area contributed by atoms with E-state index in [0.29, 0.717) is 18.7 Å². The molecule has 1 atom stereocenters. The van der Waals surface area contributed by atoms with Crippen molar-refractivity contribution in [3.63, 3.8) is 0 Å². The molecule has 1 amide bonds. The number of carbonyl (C=O) groups is 1. The maximum atomic E-state index is 13.5. The topological polar surface area (TPSA) is 45.2 Å². The summed E-state index contributed by atoms with van der Waals surface area (Å²) in [6, 6.07) is 7.97. The van der Waals surface area contributed by atoms with E-state index in [9.17, 15) is 9.18 Å². The van der Waals surface area contributed by atoms with Gasteiger partial charge in [-0.05, 0) is 39.7 Å². The van der Waals surface area contributed by atoms with E-state index in [0.717, 1.165) is 16.6 Å². The van der Waals surface area contributed by atoms with Crippen LogP contribution in [0.4, 0.5) is 4.39 Å². The highest BCUT2D eigenvalue weighted by molar-refractivity contribution is 9.10. The summed E-state index contributed by atoms with van der Waals surface area (Å²) in [7, 11) is 0. The second-order valence-electron chi connectivity index (χ2n) is 5.17. The highest BCUT2D eigenvalue weighted by Crippen LogP contribution is 2.25. The molecule has 2 aromatic rings. The van der Waals surface area contributed by atoms with Gasteiger partial charge in [-0.2, -0.15) is 0 Å². The van der Waals surface area contributed by atoms with Crippen molar-refractivity contribution in [1.29, 1.82) is 0 Å². The number of hydrogen-bond acceptors (Lipinski definition) is 3. The van der Waals surface area contributed by atoms with E-state index in [1.54, 1.807) is 29.4 Å². The molecular formula is C16H15BrFN3O. The van der Waals surface area contributed by atoms with E-state index >= 15 is 0 Å². The standard InChI is InChI=1S/C16H15BrFN3O/c17-13-6-12(8-20-9-13)16(22)21-5-4-19-10-15(21)11-2-1-3-14(18)7-11/h1-3,6-9,15,19H,4-5,10H2. The number of nitrogens with zero attached hydrogens (tertiary/aromatic N) is 2. The number of hydrogen-bond donors (Lipinski definition) is 1. The SMILES string of the molecule is O=C(c1cncc(Br)c1)N1CCNCC1c1cccc(F)c1. The van der Waals surface area contributed by atoms with Crippen LogP contribution < -0.4 is 5.32 Å². The molecule has 1 aromatic heterocycles. The first-order valence-corrected chi connectivity index (χ1v) is 7.82. The number of aromatic nitrogens is 1. The zero-order chi connectivity index (χ0) is 15.5. The summed E-state index contributed by atoms with van der Waals surface area (Å²) < 4.78 is 14.2. The first-order valence-electron chi connectivity index (χ1n) is 7.03. The van der Waals surface area contributed by atoms with Gasteiger partial charge in [0.1, 0.15) is 5.82 Å². The van der Waals surface area contributed by atoms with Gasteiger partial charge in [0.05, 0.1) is 11.6 Å². The lowest BCUT2D eigenvalue weighted by atomic mass is 10.0. The minimum Gasteiger partial charge on any atom is -0.329 e. The number of halogens is 2. The summed E-state index contributed by atoms with van der Waals surface area (Å²) in [5.74, 6) is -0.385. The van der Waals surface area contributed by atoms with Crippen LogP contribution in [0, 0.1) is 5.82 Å². The summed E-state index contributed by atoms with van der Waals surface area (Å²) in [5.41, 5.74) is 1.32. The van der Waals surface area contributed by atoms with Gasteiger partial charge in [0.2, 0.25) is 0 Å². The maximum absolute atomic E-state index is 13.5. The monoisotopic (exact) mass is 363 g/mol. The molecule has 1 aliphatic heterocycles. The van der Waals surface area contributed by atoms with Crippen molar-refractivity contribution < 1.29 is 9.18 Å². The van der Waals surface area contributed by atoms with Crippen LogP contribution in [0.5, 0.6) is 0 Å². The van der Waals surface area contributed by atoms with Crippen LogP contribution in [0.2, 0.25) is 0 Å². The predicted molar refractivity (Wildman–Crippen MR) is 85.0 cm³/mol. The Morgan fingerprint density at radius 1 is 1.36 bits per heavy atom. The van der Waals surface area contributed by atoms with E-state index < -0.39 is 0 Å². The summed E-state index contributed by atoms with van der Waals surface area (Å²) >= 11 is 3.33. The molecule has 4 nitrogen and oxygen atoms in total. The number of pyridine rings is 1. The van der Waals surface area contributed by atoms with Crippen molar-refractivity contribution in [2.45, 2.75) is 6.04 Å². The Labute approximate surface area is 136 Å². The van der Waals surface area contributed by atoms with Crippen LogP contribution in [0.1, 0.15) is 22.0 Å². The molecular weight excluding hydrogens is 349 g/mol. The largest absolute Gasteiger partial charge is 0.329 e. The first kappa shape index (κ1) is 15.1. The van der Waals surface area contributed by atoms with E-state index in [1.165, 1.54) is 12.1 Å². The molecule has 1 aromatic carbocycles. The van der Waals surface area contributed by atoms with Crippen LogP contribution in [-0.4, -0.2) is 35.4 Å². The number of benzene rings is 1. The average Bonchev–Trinajstić information content (AvgIpc) is 2.54. The Bertz CT molecular complexity index is 695. The van der Waals surface area contributed by atoms with Gasteiger partial charge in [0.25, 0.3) is 5.91 Å². The van der Waals surface area contributed by atoms with Crippen molar-refractivity contribution in [3.8, 4) is 0 Å². The molecule has 1 fully saturated rings. The van der Waals surface area contributed by atoms with Gasteiger partial charge in [-0.25, -0.2) is 4.39 Å². The molecule has 114 valence electrons. The quantitative estimate of drug-likeness (QED) is 0.892. The average molecular weight is 364 g/mol. The number of rotatable bonds is 2. The van der Waals surface area contributed by atoms with Crippen LogP contribution in [-0.2, 0) is 0 Å². The molecule has 0 aliphatic carbocycles. The van der Waals surface area contributed by atoms with Crippen LogP contribution in [0.15, 0.2) is 47.2 Å². The van der Waals surface area contributed by atoms with Gasteiger partial charge in [0, 0.05) is 36.5 Å². The number of piperazine rings is 1. The Morgan fingerprint density at radius 3 is 3.00 bits per heavy atom. The molecule has 0 saturated carbocycles. The molecule has 0 bridgehead atoms. The highest BCUT2D eigenvalue weighted by atomic mass is 79.9. The predicted octanol–water partition coefficient (Wildman–Crippen LogP) is 2.77. The lowest BCUT2D eigenvalue weighted by molar-refractivity contribution is 0.0633. The summed E-state index contributed by atoms with van der Waals surface area (Å²) in [6.07, 6.45) is 3.19. The smallest absolute Gasteiger partial charge is 0.256 e. The zero-order valence-corrected chi connectivity index (χ0v) is 13.4. The molecule has 3 rings (SSSR count). The van der Waals surface area contributed by atoms with E-state index in [2.05, 4.69) is 26.2 Å². The van der Waals surface area contributed by atoms with Gasteiger partial charge < -0.3 is 10.2 Å². The Balaban J connectivity index is 1.91. The third kappa shape index (κ3) is 3.18. The van der Waals surface area contributed by atoms with Gasteiger partial charge in [-0.1, -0.05) is 12.1 Å². The first-order chi connectivity index (χ1) is 10.6. The second kappa shape index (κ2) is 6.54. The molecule has 1 aliphatic rings. The maximum Gasteiger partial charge on any atom is 0.256 e. The highest BCUT2D eigenvalue weighted by Gasteiger charge is 2.29. The fraction of sp³-hybridized carbons (Fsp3) is 0.250. The van der Waals surface area contributed by atoms with E-state index in [4.69, 9.17) is 0 Å². The summed E-state index contributed by atoms with van der Waals surface area (Å²) in [5, 5.41) is 3.26. The molecule has 0 spiro atoms. The van der Waals surface area contributed by atoms with Crippen LogP contribution in [0.25, 0.3) is 0 Å². The lowest BCUT2D eigenvalue weighted by Gasteiger charge is -2.36. The van der Waals surface area contributed by atoms with Gasteiger partial charge in [-0.15, -0.1) is 0 Å². The number of carbonyl (C=O) groups excluding carboxylic acids is 1. The fourth-order valence-corrected chi connectivity index (χ4v) is 3.02. The van der Waals surface area contributed by atoms with Crippen molar-refractivity contribution in [2.24, 2.45) is 0 Å². The minimum atomic E-state index is -0.292. The Morgan fingerprint density at radius 2 is 2.23 bits per heavy atom. The fourth-order valence-electron chi connectivity index (χ4n) is 2.65. The molecule has 0 radical (unpaired) electrons. The molecule has 2 heterocycles. The normalized spacial score (nSPS) is 18.3. The van der Waals surface area contributed by atoms with Gasteiger partial charge in [0.15, 0.2) is 0 Å². The van der Waals surface area contributed by atoms with Gasteiger partial charge in [-0.3, -0.25) is 9.78 Å². The van der Waals surface area contributed by atoms with Crippen molar-refractivity contribution >= 4 is 21.8 Å². The zero-order valence-electron chi connectivity index (χ0n) is 11.8. The van der Waals surface area contributed by atoms with Crippen molar-refractivity contribution in [3.05, 3.63) is 64.1 Å². The van der Waals surface area contributed by atoms with Crippen LogP contribution >= 0.6 is 15.9 Å². The third-order valence-corrected chi connectivity index (χ3v) is 4.12. The molecule has 1 saturated heterocycles. The lowest BCUT2D eigenvalue weighted by Crippen LogP contribution is -2.48. The molecule has 1 N–H and O–H groups in total. The molecule has 6 heteroatoms. The Hall–Kier alpha value is -1.79. The van der Waals surface area contributed by atoms with Crippen molar-refractivity contribution in [2.75, 3.05) is 19.6 Å². The second-order valence-corrected chi connectivity index (χ2v) is 6.08. The minimum absolute atomic E-state index is 0.0930. The third-order valence-electron chi connectivity index (χ3n) is 3.69. The Kier molecular flexibility index (Phi) is 4.49. The van der Waals surface area contributed by atoms with E-state index in [-0.39, 0.29) is 17.8 Å². The number of amides is 1. The van der Waals surface area contributed by atoms with E-state index in [1.807, 2.05) is 6.07 Å². The van der Waals surface area contributed by atoms with Gasteiger partial charge >= 0.3 is 0 Å². The van der Waals surface area contributed by atoms with Crippen LogP contribution in [0.3, 0.4) is 0 Å². The van der Waals surface area contributed by atoms with Crippen molar-refractivity contribution in [1.82, 2.24) is 15.2 Å². The number of nitrogens with one attached hydrogen (secondary N) is 1. The molecule has 1 unspecified atom stereocenters. The summed E-state index contributed by atoms with van der Waals surface area (Å²) in [4.78, 5) is 18.6. The molecule has 22 heavy (non-hydrogen) atoms. The summed E-state index contributed by atoms with van der Waals surface area (Å²) in [6.45, 7) is 1.90.